The summed E-state index contributed by atoms with van der Waals surface area (Å²) in [5.74, 6) is 1.30. The average molecular weight is 814 g/mol. The zero-order chi connectivity index (χ0) is 41.4. The first kappa shape index (κ1) is 40.9. The van der Waals surface area contributed by atoms with Crippen LogP contribution < -0.4 is 19.9 Å². The zero-order valence-electron chi connectivity index (χ0n) is 34.5. The molecule has 3 aromatic carbocycles. The SMILES string of the molecule is Cc1nn2c(N3CCN(CCO)CC3)cc(-c3ccccc3)nc2c1-c1cccc(CCCCCN2CCN(C(=O)COc3ccc(N4CCC(=O)NC4=O)cc3)CC2)c1. The number of aliphatic hydroxyl groups is 1. The van der Waals surface area contributed by atoms with Gasteiger partial charge in [-0.1, -0.05) is 61.0 Å². The van der Waals surface area contributed by atoms with Crippen molar-refractivity contribution in [1.82, 2.24) is 34.6 Å². The number of unbranched alkanes of at least 4 members (excludes halogenated alkanes) is 2. The number of imide groups is 1. The summed E-state index contributed by atoms with van der Waals surface area (Å²) >= 11 is 0. The minimum absolute atomic E-state index is 0.0320. The molecule has 3 fully saturated rings. The second-order valence-corrected chi connectivity index (χ2v) is 15.9. The fourth-order valence-electron chi connectivity index (χ4n) is 8.48. The molecule has 3 aliphatic rings. The lowest BCUT2D eigenvalue weighted by molar-refractivity contribution is -0.135. The van der Waals surface area contributed by atoms with Crippen LogP contribution in [-0.4, -0.2) is 137 Å². The maximum absolute atomic E-state index is 12.9. The van der Waals surface area contributed by atoms with Crippen molar-refractivity contribution in [1.29, 1.82) is 0 Å². The Balaban J connectivity index is 0.814. The number of ether oxygens (including phenoxy) is 1. The number of aromatic nitrogens is 3. The Hall–Kier alpha value is -5.83. The van der Waals surface area contributed by atoms with Crippen LogP contribution in [0.5, 0.6) is 5.75 Å². The van der Waals surface area contributed by atoms with Crippen LogP contribution in [0.15, 0.2) is 84.9 Å². The molecule has 3 aliphatic heterocycles. The number of carbonyl (C=O) groups excluding carboxylic acids is 3. The first-order valence-electron chi connectivity index (χ1n) is 21.3. The van der Waals surface area contributed by atoms with E-state index in [0.29, 0.717) is 37.6 Å². The van der Waals surface area contributed by atoms with Gasteiger partial charge in [-0.2, -0.15) is 9.61 Å². The van der Waals surface area contributed by atoms with E-state index in [9.17, 15) is 19.5 Å². The van der Waals surface area contributed by atoms with Gasteiger partial charge >= 0.3 is 6.03 Å². The fourth-order valence-corrected chi connectivity index (χ4v) is 8.48. The van der Waals surface area contributed by atoms with Gasteiger partial charge in [0.15, 0.2) is 12.3 Å². The van der Waals surface area contributed by atoms with Gasteiger partial charge in [0.05, 0.1) is 18.0 Å². The molecule has 5 aromatic rings. The highest BCUT2D eigenvalue weighted by Gasteiger charge is 2.26. The molecule has 4 amide bonds. The smallest absolute Gasteiger partial charge is 0.328 e. The van der Waals surface area contributed by atoms with Crippen molar-refractivity contribution in [3.63, 3.8) is 0 Å². The van der Waals surface area contributed by atoms with Crippen molar-refractivity contribution < 1.29 is 24.2 Å². The molecule has 0 unspecified atom stereocenters. The fraction of sp³-hybridized carbons (Fsp3) is 0.413. The molecule has 8 rings (SSSR count). The molecule has 0 spiro atoms. The summed E-state index contributed by atoms with van der Waals surface area (Å²) in [4.78, 5) is 52.3. The highest BCUT2D eigenvalue weighted by Crippen LogP contribution is 2.34. The number of fused-ring (bicyclic) bond motifs is 1. The summed E-state index contributed by atoms with van der Waals surface area (Å²) in [5, 5.41) is 16.9. The van der Waals surface area contributed by atoms with E-state index in [1.807, 2.05) is 15.5 Å². The van der Waals surface area contributed by atoms with Crippen LogP contribution in [-0.2, 0) is 16.0 Å². The molecule has 3 saturated heterocycles. The lowest BCUT2D eigenvalue weighted by atomic mass is 10.00. The topological polar surface area (TPSA) is 139 Å². The summed E-state index contributed by atoms with van der Waals surface area (Å²) in [5.41, 5.74) is 8.01. The number of β-amino-alcohol motifs (C(OH)–C–C–N with tert-alkyl or cyclic N) is 1. The number of hydrogen-bond acceptors (Lipinski definition) is 10. The van der Waals surface area contributed by atoms with Crippen molar-refractivity contribution >= 4 is 35.0 Å². The van der Waals surface area contributed by atoms with Gasteiger partial charge in [0, 0.05) is 94.7 Å². The van der Waals surface area contributed by atoms with Gasteiger partial charge in [-0.25, -0.2) is 9.78 Å². The van der Waals surface area contributed by atoms with Gasteiger partial charge in [-0.15, -0.1) is 0 Å². The molecule has 2 N–H and O–H groups in total. The first-order valence-corrected chi connectivity index (χ1v) is 21.3. The molecule has 14 nitrogen and oxygen atoms in total. The summed E-state index contributed by atoms with van der Waals surface area (Å²) in [7, 11) is 0. The number of amides is 4. The Labute approximate surface area is 351 Å². The third-order valence-corrected chi connectivity index (χ3v) is 11.9. The van der Waals surface area contributed by atoms with Gasteiger partial charge < -0.3 is 19.6 Å². The van der Waals surface area contributed by atoms with Crippen molar-refractivity contribution in [2.24, 2.45) is 0 Å². The quantitative estimate of drug-likeness (QED) is 0.141. The molecule has 60 heavy (non-hydrogen) atoms. The van der Waals surface area contributed by atoms with E-state index in [4.69, 9.17) is 14.8 Å². The van der Waals surface area contributed by atoms with E-state index in [0.717, 1.165) is 111 Å². The van der Waals surface area contributed by atoms with Gasteiger partial charge in [0.25, 0.3) is 5.91 Å². The zero-order valence-corrected chi connectivity index (χ0v) is 34.5. The Kier molecular flexibility index (Phi) is 13.0. The maximum atomic E-state index is 12.9. The number of hydrogen-bond donors (Lipinski definition) is 2. The summed E-state index contributed by atoms with van der Waals surface area (Å²) in [6.07, 6.45) is 4.60. The summed E-state index contributed by atoms with van der Waals surface area (Å²) < 4.78 is 7.81. The largest absolute Gasteiger partial charge is 0.484 e. The molecule has 0 atom stereocenters. The van der Waals surface area contributed by atoms with Crippen LogP contribution >= 0.6 is 0 Å². The third kappa shape index (κ3) is 9.62. The number of rotatable bonds is 15. The first-order chi connectivity index (χ1) is 29.3. The molecule has 314 valence electrons. The maximum Gasteiger partial charge on any atom is 0.328 e. The van der Waals surface area contributed by atoms with E-state index < -0.39 is 6.03 Å². The minimum Gasteiger partial charge on any atom is -0.484 e. The van der Waals surface area contributed by atoms with Crippen molar-refractivity contribution in [2.45, 2.75) is 39.0 Å². The van der Waals surface area contributed by atoms with E-state index in [1.54, 1.807) is 24.3 Å². The van der Waals surface area contributed by atoms with Gasteiger partial charge in [0.1, 0.15) is 11.6 Å². The standard InChI is InChI=1S/C46H55N9O5/c1-34-44(45-47-40(36-11-5-2-6-12-36)32-42(55(45)49-34)52-25-21-51(22-26-52)29-30-56)37-13-8-10-35(31-37)9-4-3-7-19-50-23-27-53(28-24-50)43(58)33-60-39-16-14-38(15-17-39)54-20-18-41(57)48-46(54)59/h2,5-6,8,10-17,31-32,56H,3-4,7,9,18-30,33H2,1H3,(H,48,57,59). The predicted octanol–water partition coefficient (Wildman–Crippen LogP) is 4.87. The van der Waals surface area contributed by atoms with Crippen LogP contribution in [0.4, 0.5) is 16.3 Å². The Morgan fingerprint density at radius 3 is 2.27 bits per heavy atom. The predicted molar refractivity (Wildman–Crippen MR) is 232 cm³/mol. The molecule has 0 saturated carbocycles. The highest BCUT2D eigenvalue weighted by molar-refractivity contribution is 6.05. The van der Waals surface area contributed by atoms with Crippen molar-refractivity contribution in [3.8, 4) is 28.1 Å². The van der Waals surface area contributed by atoms with Gasteiger partial charge in [-0.3, -0.25) is 29.6 Å². The summed E-state index contributed by atoms with van der Waals surface area (Å²) in [6, 6.07) is 28.0. The number of nitrogens with one attached hydrogen (secondary N) is 1. The van der Waals surface area contributed by atoms with E-state index in [1.165, 1.54) is 10.5 Å². The number of benzene rings is 3. The second-order valence-electron chi connectivity index (χ2n) is 15.9. The molecule has 14 heteroatoms. The van der Waals surface area contributed by atoms with E-state index in [2.05, 4.69) is 81.5 Å². The average Bonchev–Trinajstić information content (AvgIpc) is 3.62. The van der Waals surface area contributed by atoms with Crippen molar-refractivity contribution in [2.75, 3.05) is 95.0 Å². The molecule has 0 radical (unpaired) electrons. The number of piperazine rings is 2. The number of nitrogens with zero attached hydrogens (tertiary/aromatic N) is 8. The Morgan fingerprint density at radius 1 is 0.783 bits per heavy atom. The van der Waals surface area contributed by atoms with Crippen LogP contribution in [0.1, 0.15) is 36.9 Å². The highest BCUT2D eigenvalue weighted by atomic mass is 16.5. The molecule has 5 heterocycles. The van der Waals surface area contributed by atoms with Gasteiger partial charge in [0.2, 0.25) is 5.91 Å². The lowest BCUT2D eigenvalue weighted by Crippen LogP contribution is -2.50. The number of aryl methyl sites for hydroxylation is 2. The lowest BCUT2D eigenvalue weighted by Gasteiger charge is -2.35. The van der Waals surface area contributed by atoms with Crippen LogP contribution in [0.3, 0.4) is 0 Å². The number of carbonyl (C=O) groups is 3. The molecule has 0 bridgehead atoms. The molecular weight excluding hydrogens is 759 g/mol. The van der Waals surface area contributed by atoms with Crippen molar-refractivity contribution in [3.05, 3.63) is 96.2 Å². The molecular formula is C46H55N9O5. The Bertz CT molecular complexity index is 2270. The summed E-state index contributed by atoms with van der Waals surface area (Å²) in [6.45, 7) is 10.8. The van der Waals surface area contributed by atoms with Crippen LogP contribution in [0, 0.1) is 6.92 Å². The Morgan fingerprint density at radius 2 is 1.52 bits per heavy atom. The normalized spacial score (nSPS) is 16.7. The van der Waals surface area contributed by atoms with E-state index >= 15 is 0 Å². The number of anilines is 2. The molecule has 2 aromatic heterocycles. The monoisotopic (exact) mass is 813 g/mol. The number of urea groups is 1. The van der Waals surface area contributed by atoms with Gasteiger partial charge in [-0.05, 0) is 68.1 Å². The van der Waals surface area contributed by atoms with Crippen LogP contribution in [0.2, 0.25) is 0 Å². The number of aliphatic hydroxyl groups excluding tert-OH is 1. The third-order valence-electron chi connectivity index (χ3n) is 11.9. The van der Waals surface area contributed by atoms with Crippen LogP contribution in [0.25, 0.3) is 28.0 Å². The van der Waals surface area contributed by atoms with E-state index in [-0.39, 0.29) is 31.4 Å². The minimum atomic E-state index is -0.432. The molecule has 0 aliphatic carbocycles. The second kappa shape index (κ2) is 19.0.